The summed E-state index contributed by atoms with van der Waals surface area (Å²) in [6.07, 6.45) is 0. The Morgan fingerprint density at radius 3 is 2.46 bits per heavy atom. The van der Waals surface area contributed by atoms with Gasteiger partial charge in [0, 0.05) is 5.69 Å². The maximum Gasteiger partial charge on any atom is 0.239 e. The number of anilines is 1. The maximum atomic E-state index is 12.4. The number of hydrogen-bond acceptors (Lipinski definition) is 6. The smallest absolute Gasteiger partial charge is 0.239 e. The fourth-order valence-corrected chi connectivity index (χ4v) is 3.49. The Balaban J connectivity index is 1.69. The Kier molecular flexibility index (Phi) is 5.08. The van der Waals surface area contributed by atoms with Crippen molar-refractivity contribution in [3.63, 3.8) is 0 Å². The van der Waals surface area contributed by atoms with Crippen LogP contribution >= 0.6 is 0 Å². The van der Waals surface area contributed by atoms with Crippen molar-refractivity contribution in [3.05, 3.63) is 66.0 Å². The summed E-state index contributed by atoms with van der Waals surface area (Å²) in [5.41, 5.74) is 2.24. The average molecular weight is 371 g/mol. The molecular weight excluding hydrogens is 354 g/mol. The van der Waals surface area contributed by atoms with E-state index in [-0.39, 0.29) is 5.82 Å². The molecule has 1 N–H and O–H groups in total. The second-order valence-electron chi connectivity index (χ2n) is 5.79. The molecule has 0 bridgehead atoms. The number of rotatable bonds is 6. The molecule has 0 saturated carbocycles. The number of carbonyl (C=O) groups is 1. The number of aryl methyl sites for hydroxylation is 1. The number of benzene rings is 2. The highest BCUT2D eigenvalue weighted by molar-refractivity contribution is 7.91. The predicted octanol–water partition coefficient (Wildman–Crippen LogP) is 1.52. The number of sulfone groups is 1. The number of aromatic nitrogens is 4. The summed E-state index contributed by atoms with van der Waals surface area (Å²) in [4.78, 5) is 12.0. The van der Waals surface area contributed by atoms with Gasteiger partial charge in [-0.25, -0.2) is 8.42 Å². The van der Waals surface area contributed by atoms with Gasteiger partial charge in [0.05, 0.1) is 5.69 Å². The minimum Gasteiger partial charge on any atom is -0.325 e. The minimum atomic E-state index is -3.74. The number of para-hydroxylation sites is 1. The topological polar surface area (TPSA) is 107 Å². The summed E-state index contributed by atoms with van der Waals surface area (Å²) in [6, 6.07) is 16.0. The zero-order chi connectivity index (χ0) is 18.6. The molecule has 1 aromatic heterocycles. The van der Waals surface area contributed by atoms with E-state index in [1.54, 1.807) is 36.4 Å². The van der Waals surface area contributed by atoms with E-state index in [1.807, 2.05) is 25.1 Å². The van der Waals surface area contributed by atoms with Crippen LogP contribution in [0.1, 0.15) is 11.4 Å². The molecule has 0 atom stereocenters. The lowest BCUT2D eigenvalue weighted by Crippen LogP contribution is -2.24. The monoisotopic (exact) mass is 371 g/mol. The fourth-order valence-electron chi connectivity index (χ4n) is 2.35. The van der Waals surface area contributed by atoms with Crippen LogP contribution in [0.25, 0.3) is 5.69 Å². The van der Waals surface area contributed by atoms with Crippen LogP contribution in [0.3, 0.4) is 0 Å². The Morgan fingerprint density at radius 1 is 1.08 bits per heavy atom. The van der Waals surface area contributed by atoms with Gasteiger partial charge >= 0.3 is 0 Å². The predicted molar refractivity (Wildman–Crippen MR) is 96.5 cm³/mol. The number of hydrogen-bond donors (Lipinski definition) is 1. The van der Waals surface area contributed by atoms with E-state index in [4.69, 9.17) is 0 Å². The Morgan fingerprint density at radius 2 is 1.77 bits per heavy atom. The first-order chi connectivity index (χ1) is 12.4. The van der Waals surface area contributed by atoms with Crippen molar-refractivity contribution in [1.82, 2.24) is 20.2 Å². The van der Waals surface area contributed by atoms with Gasteiger partial charge in [0.15, 0.2) is 15.7 Å². The van der Waals surface area contributed by atoms with Gasteiger partial charge in [0.1, 0.15) is 11.5 Å². The van der Waals surface area contributed by atoms with E-state index < -0.39 is 27.3 Å². The van der Waals surface area contributed by atoms with Crippen molar-refractivity contribution < 1.29 is 13.2 Å². The van der Waals surface area contributed by atoms with Crippen molar-refractivity contribution in [3.8, 4) is 5.69 Å². The SMILES string of the molecule is Cc1ccc(NC(=O)CS(=O)(=O)Cc2nnnn2-c2ccccc2)cc1. The highest BCUT2D eigenvalue weighted by atomic mass is 32.2. The highest BCUT2D eigenvalue weighted by Crippen LogP contribution is 2.12. The molecule has 26 heavy (non-hydrogen) atoms. The summed E-state index contributed by atoms with van der Waals surface area (Å²) in [5, 5.41) is 13.7. The Hall–Kier alpha value is -3.07. The number of amides is 1. The van der Waals surface area contributed by atoms with Crippen LogP contribution < -0.4 is 5.32 Å². The van der Waals surface area contributed by atoms with Crippen molar-refractivity contribution in [2.75, 3.05) is 11.1 Å². The van der Waals surface area contributed by atoms with Gasteiger partial charge in [0.25, 0.3) is 0 Å². The molecular formula is C17H17N5O3S. The minimum absolute atomic E-state index is 0.152. The first-order valence-electron chi connectivity index (χ1n) is 7.82. The van der Waals surface area contributed by atoms with Crippen LogP contribution in [0.2, 0.25) is 0 Å². The van der Waals surface area contributed by atoms with Gasteiger partial charge in [-0.15, -0.1) is 5.10 Å². The second kappa shape index (κ2) is 7.44. The summed E-state index contributed by atoms with van der Waals surface area (Å²) in [6.45, 7) is 1.92. The van der Waals surface area contributed by atoms with Crippen LogP contribution in [-0.4, -0.2) is 40.3 Å². The second-order valence-corrected chi connectivity index (χ2v) is 7.85. The molecule has 0 aliphatic rings. The number of nitrogens with one attached hydrogen (secondary N) is 1. The molecule has 0 fully saturated rings. The number of carbonyl (C=O) groups excluding carboxylic acids is 1. The molecule has 0 aliphatic carbocycles. The van der Waals surface area contributed by atoms with E-state index in [2.05, 4.69) is 20.8 Å². The largest absolute Gasteiger partial charge is 0.325 e. The summed E-state index contributed by atoms with van der Waals surface area (Å²) >= 11 is 0. The normalized spacial score (nSPS) is 11.3. The van der Waals surface area contributed by atoms with Gasteiger partial charge in [-0.1, -0.05) is 35.9 Å². The van der Waals surface area contributed by atoms with E-state index in [0.717, 1.165) is 5.56 Å². The molecule has 0 saturated heterocycles. The van der Waals surface area contributed by atoms with E-state index >= 15 is 0 Å². The molecule has 0 radical (unpaired) electrons. The van der Waals surface area contributed by atoms with Crippen LogP contribution in [0.15, 0.2) is 54.6 Å². The van der Waals surface area contributed by atoms with Crippen molar-refractivity contribution in [2.24, 2.45) is 0 Å². The Bertz CT molecular complexity index is 998. The average Bonchev–Trinajstić information content (AvgIpc) is 3.04. The molecule has 3 rings (SSSR count). The van der Waals surface area contributed by atoms with Crippen molar-refractivity contribution in [1.29, 1.82) is 0 Å². The first-order valence-corrected chi connectivity index (χ1v) is 9.65. The van der Waals surface area contributed by atoms with Crippen LogP contribution in [0, 0.1) is 6.92 Å². The lowest BCUT2D eigenvalue weighted by molar-refractivity contribution is -0.113. The Labute approximate surface area is 150 Å². The first kappa shape index (κ1) is 17.7. The third-order valence-electron chi connectivity index (χ3n) is 3.57. The molecule has 3 aromatic rings. The zero-order valence-corrected chi connectivity index (χ0v) is 14.8. The zero-order valence-electron chi connectivity index (χ0n) is 14.0. The van der Waals surface area contributed by atoms with Gasteiger partial charge < -0.3 is 5.32 Å². The van der Waals surface area contributed by atoms with E-state index in [9.17, 15) is 13.2 Å². The van der Waals surface area contributed by atoms with Crippen LogP contribution in [-0.2, 0) is 20.4 Å². The molecule has 8 nitrogen and oxygen atoms in total. The van der Waals surface area contributed by atoms with E-state index in [0.29, 0.717) is 11.4 Å². The van der Waals surface area contributed by atoms with Crippen LogP contribution in [0.5, 0.6) is 0 Å². The molecule has 9 heteroatoms. The van der Waals surface area contributed by atoms with Gasteiger partial charge in [-0.3, -0.25) is 4.79 Å². The number of nitrogens with zero attached hydrogens (tertiary/aromatic N) is 4. The van der Waals surface area contributed by atoms with Gasteiger partial charge in [0.2, 0.25) is 5.91 Å². The molecule has 0 aliphatic heterocycles. The third-order valence-corrected chi connectivity index (χ3v) is 4.97. The quantitative estimate of drug-likeness (QED) is 0.704. The van der Waals surface area contributed by atoms with Gasteiger partial charge in [-0.05, 0) is 41.6 Å². The van der Waals surface area contributed by atoms with Gasteiger partial charge in [-0.2, -0.15) is 4.68 Å². The molecule has 2 aromatic carbocycles. The molecule has 0 unspecified atom stereocenters. The summed E-state index contributed by atoms with van der Waals surface area (Å²) < 4.78 is 26.1. The van der Waals surface area contributed by atoms with Crippen molar-refractivity contribution in [2.45, 2.75) is 12.7 Å². The third kappa shape index (κ3) is 4.51. The number of tetrazole rings is 1. The molecule has 134 valence electrons. The lowest BCUT2D eigenvalue weighted by Gasteiger charge is -2.07. The molecule has 1 amide bonds. The maximum absolute atomic E-state index is 12.4. The highest BCUT2D eigenvalue weighted by Gasteiger charge is 2.22. The molecule has 1 heterocycles. The standard InChI is InChI=1S/C17H17N5O3S/c1-13-7-9-14(10-8-13)18-17(23)12-26(24,25)11-16-19-20-21-22(16)15-5-3-2-4-6-15/h2-10H,11-12H2,1H3,(H,18,23). The lowest BCUT2D eigenvalue weighted by atomic mass is 10.2. The fraction of sp³-hybridized carbons (Fsp3) is 0.176. The summed E-state index contributed by atoms with van der Waals surface area (Å²) in [7, 11) is -3.74. The molecule has 0 spiro atoms. The van der Waals surface area contributed by atoms with Crippen LogP contribution in [0.4, 0.5) is 5.69 Å². The van der Waals surface area contributed by atoms with E-state index in [1.165, 1.54) is 4.68 Å². The summed E-state index contributed by atoms with van der Waals surface area (Å²) in [5.74, 6) is -1.54. The van der Waals surface area contributed by atoms with Crippen molar-refractivity contribution >= 4 is 21.4 Å².